The Balaban J connectivity index is 1.47. The van der Waals surface area contributed by atoms with Gasteiger partial charge in [0.1, 0.15) is 6.04 Å². The Bertz CT molecular complexity index is 639. The summed E-state index contributed by atoms with van der Waals surface area (Å²) in [7, 11) is 0. The summed E-state index contributed by atoms with van der Waals surface area (Å²) in [6, 6.07) is 8.87. The summed E-state index contributed by atoms with van der Waals surface area (Å²) in [5.74, 6) is -0.119. The van der Waals surface area contributed by atoms with Crippen molar-refractivity contribution in [1.82, 2.24) is 15.1 Å². The number of amides is 4. The van der Waals surface area contributed by atoms with Gasteiger partial charge < -0.3 is 10.2 Å². The molecule has 0 spiro atoms. The third kappa shape index (κ3) is 4.62. The largest absolute Gasteiger partial charge is 0.343 e. The molecule has 3 rings (SSSR count). The summed E-state index contributed by atoms with van der Waals surface area (Å²) >= 11 is 0. The molecule has 2 aliphatic heterocycles. The summed E-state index contributed by atoms with van der Waals surface area (Å²) in [5, 5.41) is 2.73. The Morgan fingerprint density at radius 2 is 1.73 bits per heavy atom. The Labute approximate surface area is 154 Å². The monoisotopic (exact) mass is 357 g/mol. The Hall–Kier alpha value is -2.37. The van der Waals surface area contributed by atoms with Crippen LogP contribution in [0.15, 0.2) is 30.3 Å². The SMILES string of the molecule is O=C(CC[C@@H]1NC(=O)N(CCc2ccccc2)C1=O)N1CCCCCC1. The van der Waals surface area contributed by atoms with E-state index in [0.29, 0.717) is 25.8 Å². The smallest absolute Gasteiger partial charge is 0.324 e. The second kappa shape index (κ2) is 8.83. The van der Waals surface area contributed by atoms with Crippen LogP contribution in [0.2, 0.25) is 0 Å². The normalized spacial score (nSPS) is 20.8. The van der Waals surface area contributed by atoms with Gasteiger partial charge in [-0.05, 0) is 31.2 Å². The van der Waals surface area contributed by atoms with Gasteiger partial charge in [-0.2, -0.15) is 0 Å². The Morgan fingerprint density at radius 3 is 2.42 bits per heavy atom. The average Bonchev–Trinajstić information content (AvgIpc) is 2.85. The van der Waals surface area contributed by atoms with Gasteiger partial charge in [-0.3, -0.25) is 14.5 Å². The van der Waals surface area contributed by atoms with E-state index in [2.05, 4.69) is 5.32 Å². The molecule has 2 aliphatic rings. The minimum Gasteiger partial charge on any atom is -0.343 e. The topological polar surface area (TPSA) is 69.7 Å². The van der Waals surface area contributed by atoms with Crippen molar-refractivity contribution in [3.05, 3.63) is 35.9 Å². The van der Waals surface area contributed by atoms with Crippen LogP contribution in [0.5, 0.6) is 0 Å². The lowest BCUT2D eigenvalue weighted by molar-refractivity contribution is -0.131. The second-order valence-corrected chi connectivity index (χ2v) is 7.06. The lowest BCUT2D eigenvalue weighted by Gasteiger charge is -2.20. The van der Waals surface area contributed by atoms with Crippen molar-refractivity contribution in [3.8, 4) is 0 Å². The van der Waals surface area contributed by atoms with Crippen LogP contribution in [0.4, 0.5) is 4.79 Å². The van der Waals surface area contributed by atoms with Crippen LogP contribution in [0.1, 0.15) is 44.1 Å². The number of hydrogen-bond acceptors (Lipinski definition) is 3. The number of hydrogen-bond donors (Lipinski definition) is 1. The fourth-order valence-electron chi connectivity index (χ4n) is 3.62. The van der Waals surface area contributed by atoms with Gasteiger partial charge in [0.25, 0.3) is 5.91 Å². The zero-order chi connectivity index (χ0) is 18.4. The molecule has 1 N–H and O–H groups in total. The zero-order valence-corrected chi connectivity index (χ0v) is 15.2. The third-order valence-corrected chi connectivity index (χ3v) is 5.18. The van der Waals surface area contributed by atoms with Crippen LogP contribution in [-0.4, -0.2) is 53.3 Å². The van der Waals surface area contributed by atoms with Crippen LogP contribution < -0.4 is 5.32 Å². The van der Waals surface area contributed by atoms with E-state index < -0.39 is 6.04 Å². The second-order valence-electron chi connectivity index (χ2n) is 7.06. The summed E-state index contributed by atoms with van der Waals surface area (Å²) in [6.07, 6.45) is 5.79. The molecule has 2 fully saturated rings. The summed E-state index contributed by atoms with van der Waals surface area (Å²) < 4.78 is 0. The van der Waals surface area contributed by atoms with E-state index in [1.54, 1.807) is 0 Å². The molecule has 1 aromatic rings. The predicted octanol–water partition coefficient (Wildman–Crippen LogP) is 2.33. The molecular weight excluding hydrogens is 330 g/mol. The average molecular weight is 357 g/mol. The first-order valence-electron chi connectivity index (χ1n) is 9.59. The molecule has 0 unspecified atom stereocenters. The van der Waals surface area contributed by atoms with Gasteiger partial charge in [0.15, 0.2) is 0 Å². The Kier molecular flexibility index (Phi) is 6.26. The number of nitrogens with zero attached hydrogens (tertiary/aromatic N) is 2. The number of likely N-dealkylation sites (tertiary alicyclic amines) is 1. The number of carbonyl (C=O) groups excluding carboxylic acids is 3. The highest BCUT2D eigenvalue weighted by molar-refractivity contribution is 6.04. The molecule has 6 nitrogen and oxygen atoms in total. The molecule has 0 radical (unpaired) electrons. The van der Waals surface area contributed by atoms with Crippen molar-refractivity contribution < 1.29 is 14.4 Å². The van der Waals surface area contributed by atoms with Gasteiger partial charge in [-0.25, -0.2) is 4.79 Å². The van der Waals surface area contributed by atoms with Crippen LogP contribution in [0.3, 0.4) is 0 Å². The predicted molar refractivity (Wildman–Crippen MR) is 98.5 cm³/mol. The van der Waals surface area contributed by atoms with Crippen molar-refractivity contribution >= 4 is 17.8 Å². The molecule has 0 aliphatic carbocycles. The molecule has 26 heavy (non-hydrogen) atoms. The van der Waals surface area contributed by atoms with Crippen molar-refractivity contribution in [3.63, 3.8) is 0 Å². The van der Waals surface area contributed by atoms with E-state index in [9.17, 15) is 14.4 Å². The minimum absolute atomic E-state index is 0.0942. The third-order valence-electron chi connectivity index (χ3n) is 5.18. The van der Waals surface area contributed by atoms with Gasteiger partial charge in [0.05, 0.1) is 0 Å². The summed E-state index contributed by atoms with van der Waals surface area (Å²) in [5.41, 5.74) is 1.09. The lowest BCUT2D eigenvalue weighted by Crippen LogP contribution is -2.35. The van der Waals surface area contributed by atoms with Crippen molar-refractivity contribution in [2.45, 2.75) is 51.0 Å². The van der Waals surface area contributed by atoms with Gasteiger partial charge in [0.2, 0.25) is 5.91 Å². The minimum atomic E-state index is -0.575. The van der Waals surface area contributed by atoms with Crippen LogP contribution in [-0.2, 0) is 16.0 Å². The van der Waals surface area contributed by atoms with E-state index >= 15 is 0 Å². The highest BCUT2D eigenvalue weighted by atomic mass is 16.2. The molecular formula is C20H27N3O3. The maximum absolute atomic E-state index is 12.5. The van der Waals surface area contributed by atoms with Gasteiger partial charge >= 0.3 is 6.03 Å². The van der Waals surface area contributed by atoms with Crippen LogP contribution >= 0.6 is 0 Å². The first kappa shape index (κ1) is 18.4. The van der Waals surface area contributed by atoms with Crippen LogP contribution in [0, 0.1) is 0 Å². The van der Waals surface area contributed by atoms with Gasteiger partial charge in [-0.15, -0.1) is 0 Å². The molecule has 140 valence electrons. The fraction of sp³-hybridized carbons (Fsp3) is 0.550. The molecule has 2 heterocycles. The molecule has 6 heteroatoms. The number of carbonyl (C=O) groups is 3. The van der Waals surface area contributed by atoms with Crippen molar-refractivity contribution in [2.24, 2.45) is 0 Å². The first-order chi connectivity index (χ1) is 12.6. The maximum atomic E-state index is 12.5. The number of nitrogens with one attached hydrogen (secondary N) is 1. The van der Waals surface area contributed by atoms with Crippen LogP contribution in [0.25, 0.3) is 0 Å². The van der Waals surface area contributed by atoms with E-state index in [4.69, 9.17) is 0 Å². The van der Waals surface area contributed by atoms with E-state index in [0.717, 1.165) is 31.5 Å². The molecule has 0 aromatic heterocycles. The van der Waals surface area contributed by atoms with Gasteiger partial charge in [-0.1, -0.05) is 43.2 Å². The van der Waals surface area contributed by atoms with E-state index in [1.165, 1.54) is 17.7 Å². The molecule has 1 atom stereocenters. The molecule has 4 amide bonds. The van der Waals surface area contributed by atoms with Gasteiger partial charge in [0, 0.05) is 26.1 Å². The maximum Gasteiger partial charge on any atom is 0.324 e. The van der Waals surface area contributed by atoms with E-state index in [-0.39, 0.29) is 17.8 Å². The molecule has 0 bridgehead atoms. The highest BCUT2D eigenvalue weighted by Crippen LogP contribution is 2.15. The Morgan fingerprint density at radius 1 is 1.04 bits per heavy atom. The number of urea groups is 1. The first-order valence-corrected chi connectivity index (χ1v) is 9.59. The standard InChI is InChI=1S/C20H27N3O3/c24-18(22-13-6-1-2-7-14-22)11-10-17-19(25)23(20(26)21-17)15-12-16-8-4-3-5-9-16/h3-5,8-9,17H,1-2,6-7,10-15H2,(H,21,26)/t17-/m0/s1. The van der Waals surface area contributed by atoms with Crippen molar-refractivity contribution in [2.75, 3.05) is 19.6 Å². The summed E-state index contributed by atoms with van der Waals surface area (Å²) in [4.78, 5) is 40.2. The lowest BCUT2D eigenvalue weighted by atomic mass is 10.1. The highest BCUT2D eigenvalue weighted by Gasteiger charge is 2.37. The summed E-state index contributed by atoms with van der Waals surface area (Å²) in [6.45, 7) is 1.99. The van der Waals surface area contributed by atoms with E-state index in [1.807, 2.05) is 35.2 Å². The van der Waals surface area contributed by atoms with Crippen molar-refractivity contribution in [1.29, 1.82) is 0 Å². The molecule has 1 aromatic carbocycles. The zero-order valence-electron chi connectivity index (χ0n) is 15.2. The number of benzene rings is 1. The number of rotatable bonds is 6. The molecule has 0 saturated carbocycles. The quantitative estimate of drug-likeness (QED) is 0.795. The molecule has 2 saturated heterocycles. The fourth-order valence-corrected chi connectivity index (χ4v) is 3.62. The number of imide groups is 1.